The molecule has 2 N–H and O–H groups in total. The number of fused-ring (bicyclic) bond motifs is 3. The van der Waals surface area contributed by atoms with E-state index in [9.17, 15) is 24.0 Å². The molecule has 1 aromatic carbocycles. The summed E-state index contributed by atoms with van der Waals surface area (Å²) < 4.78 is 38.5. The number of ether oxygens (including phenoxy) is 7. The summed E-state index contributed by atoms with van der Waals surface area (Å²) in [7, 11) is 1.46. The lowest BCUT2D eigenvalue weighted by atomic mass is 9.96. The SMILES string of the molecule is CCOCc1nc2c(NC(=O)COCC(=O)OCCCCCC(=O)OCCOCCOC(=O)COCC(=O)NC)nc3ccccc3c2n1CC(C)(C)C. The molecule has 0 radical (unpaired) electrons. The van der Waals surface area contributed by atoms with Crippen molar-refractivity contribution in [3.05, 3.63) is 30.1 Å². The highest BCUT2D eigenvalue weighted by molar-refractivity contribution is 6.09. The van der Waals surface area contributed by atoms with E-state index < -0.39 is 31.1 Å². The topological polar surface area (TPSA) is 205 Å². The van der Waals surface area contributed by atoms with Gasteiger partial charge in [-0.25, -0.2) is 19.6 Å². The van der Waals surface area contributed by atoms with Crippen molar-refractivity contribution >= 4 is 57.5 Å². The van der Waals surface area contributed by atoms with Crippen LogP contribution in [-0.2, 0) is 70.3 Å². The van der Waals surface area contributed by atoms with E-state index >= 15 is 0 Å². The van der Waals surface area contributed by atoms with E-state index in [1.54, 1.807) is 0 Å². The molecule has 0 atom stereocenters. The Morgan fingerprint density at radius 2 is 1.37 bits per heavy atom. The molecule has 17 nitrogen and oxygen atoms in total. The molecule has 0 aliphatic rings. The fourth-order valence-electron chi connectivity index (χ4n) is 5.03. The highest BCUT2D eigenvalue weighted by Crippen LogP contribution is 2.32. The molecule has 2 aromatic heterocycles. The van der Waals surface area contributed by atoms with Crippen molar-refractivity contribution in [2.75, 3.05) is 78.4 Å². The first-order chi connectivity index (χ1) is 25.9. The molecule has 0 bridgehead atoms. The van der Waals surface area contributed by atoms with Crippen LogP contribution >= 0.6 is 0 Å². The minimum atomic E-state index is -0.622. The predicted octanol–water partition coefficient (Wildman–Crippen LogP) is 3.09. The Bertz CT molecular complexity index is 1690. The van der Waals surface area contributed by atoms with Crippen molar-refractivity contribution < 1.29 is 57.1 Å². The molecule has 0 saturated carbocycles. The van der Waals surface area contributed by atoms with E-state index in [-0.39, 0.29) is 70.0 Å². The van der Waals surface area contributed by atoms with Gasteiger partial charge in [0.25, 0.3) is 5.91 Å². The van der Waals surface area contributed by atoms with Gasteiger partial charge in [0.2, 0.25) is 5.91 Å². The number of rotatable bonds is 25. The Balaban J connectivity index is 1.30. The summed E-state index contributed by atoms with van der Waals surface area (Å²) in [6.45, 7) is 8.93. The number of benzene rings is 1. The maximum Gasteiger partial charge on any atom is 0.332 e. The van der Waals surface area contributed by atoms with Gasteiger partial charge in [-0.2, -0.15) is 0 Å². The number of carbonyl (C=O) groups is 5. The standard InChI is InChI=1S/C37H53N5O12/c1-6-48-20-28-40-34-35(42(28)25-37(2,3)4)26-12-9-10-13-27(26)39-36(34)41-30(44)22-51-23-32(46)52-15-11-7-8-14-31(45)53-18-16-49-17-19-54-33(47)24-50-21-29(43)38-5/h9-10,12-13H,6-8,11,14-25H2,1-5H3,(H,38,43)(H,39,41,44). The number of amides is 2. The zero-order valence-electron chi connectivity index (χ0n) is 31.9. The first-order valence-corrected chi connectivity index (χ1v) is 18.0. The third kappa shape index (κ3) is 15.7. The van der Waals surface area contributed by atoms with E-state index in [0.717, 1.165) is 16.7 Å². The van der Waals surface area contributed by atoms with Crippen LogP contribution < -0.4 is 10.6 Å². The monoisotopic (exact) mass is 759 g/mol. The van der Waals surface area contributed by atoms with Gasteiger partial charge in [0, 0.05) is 32.0 Å². The average Bonchev–Trinajstić information content (AvgIpc) is 3.48. The number of hydrogen-bond donors (Lipinski definition) is 2. The quantitative estimate of drug-likeness (QED) is 0.0724. The zero-order valence-corrected chi connectivity index (χ0v) is 31.9. The first kappa shape index (κ1) is 43.7. The molecular weight excluding hydrogens is 706 g/mol. The molecule has 0 aliphatic heterocycles. The third-order valence-corrected chi connectivity index (χ3v) is 7.44. The minimum absolute atomic E-state index is 0.00273. The van der Waals surface area contributed by atoms with Crippen LogP contribution in [0.3, 0.4) is 0 Å². The number of esters is 3. The minimum Gasteiger partial charge on any atom is -0.464 e. The summed E-state index contributed by atoms with van der Waals surface area (Å²) >= 11 is 0. The summed E-state index contributed by atoms with van der Waals surface area (Å²) in [5.74, 6) is -1.44. The van der Waals surface area contributed by atoms with Crippen LogP contribution in [0.15, 0.2) is 24.3 Å². The van der Waals surface area contributed by atoms with E-state index in [4.69, 9.17) is 38.1 Å². The van der Waals surface area contributed by atoms with Gasteiger partial charge in [-0.15, -0.1) is 0 Å². The number of carbonyl (C=O) groups excluding carboxylic acids is 5. The summed E-state index contributed by atoms with van der Waals surface area (Å²) in [5, 5.41) is 6.07. The van der Waals surface area contributed by atoms with Crippen molar-refractivity contribution in [2.45, 2.75) is 66.5 Å². The van der Waals surface area contributed by atoms with E-state index in [1.807, 2.05) is 31.2 Å². The summed E-state index contributed by atoms with van der Waals surface area (Å²) in [4.78, 5) is 69.0. The second-order valence-corrected chi connectivity index (χ2v) is 13.3. The molecule has 54 heavy (non-hydrogen) atoms. The summed E-state index contributed by atoms with van der Waals surface area (Å²) in [6, 6.07) is 7.68. The van der Waals surface area contributed by atoms with Gasteiger partial charge in [0.05, 0.1) is 30.9 Å². The Morgan fingerprint density at radius 3 is 2.04 bits per heavy atom. The lowest BCUT2D eigenvalue weighted by Crippen LogP contribution is -2.25. The number of para-hydroxylation sites is 1. The van der Waals surface area contributed by atoms with Crippen LogP contribution in [0.25, 0.3) is 21.9 Å². The van der Waals surface area contributed by atoms with Crippen LogP contribution in [-0.4, -0.2) is 117 Å². The molecular formula is C37H53N5O12. The lowest BCUT2D eigenvalue weighted by molar-refractivity contribution is -0.152. The predicted molar refractivity (Wildman–Crippen MR) is 196 cm³/mol. The molecule has 0 fully saturated rings. The second-order valence-electron chi connectivity index (χ2n) is 13.3. The number of unbranched alkanes of at least 4 members (excludes halogenated alkanes) is 2. The first-order valence-electron chi connectivity index (χ1n) is 18.0. The maximum atomic E-state index is 12.9. The number of likely N-dealkylation sites (N-methyl/N-ethyl adjacent to an activating group) is 1. The van der Waals surface area contributed by atoms with E-state index in [1.165, 1.54) is 7.05 Å². The Kier molecular flexibility index (Phi) is 18.7. The molecule has 2 heterocycles. The number of pyridine rings is 1. The van der Waals surface area contributed by atoms with Crippen molar-refractivity contribution in [3.8, 4) is 0 Å². The Labute approximate surface area is 314 Å². The molecule has 0 aliphatic carbocycles. The smallest absolute Gasteiger partial charge is 0.332 e. The van der Waals surface area contributed by atoms with Crippen LogP contribution in [0.5, 0.6) is 0 Å². The summed E-state index contributed by atoms with van der Waals surface area (Å²) in [5.41, 5.74) is 2.03. The molecule has 3 aromatic rings. The Morgan fingerprint density at radius 1 is 0.722 bits per heavy atom. The van der Waals surface area contributed by atoms with E-state index in [2.05, 4.69) is 41.0 Å². The highest BCUT2D eigenvalue weighted by atomic mass is 16.6. The molecule has 0 saturated heterocycles. The third-order valence-electron chi connectivity index (χ3n) is 7.44. The van der Waals surface area contributed by atoms with Crippen LogP contribution in [0, 0.1) is 5.41 Å². The number of imidazole rings is 1. The lowest BCUT2D eigenvalue weighted by Gasteiger charge is -2.21. The summed E-state index contributed by atoms with van der Waals surface area (Å²) in [6.07, 6.45) is 1.91. The average molecular weight is 760 g/mol. The molecule has 2 amide bonds. The number of hydrogen-bond acceptors (Lipinski definition) is 14. The van der Waals surface area contributed by atoms with Crippen LogP contribution in [0.4, 0.5) is 5.82 Å². The number of nitrogens with zero attached hydrogens (tertiary/aromatic N) is 3. The normalized spacial score (nSPS) is 11.4. The number of nitrogens with one attached hydrogen (secondary N) is 2. The maximum absolute atomic E-state index is 12.9. The van der Waals surface area contributed by atoms with Crippen LogP contribution in [0.1, 0.15) is 59.2 Å². The highest BCUT2D eigenvalue weighted by Gasteiger charge is 2.23. The van der Waals surface area contributed by atoms with Gasteiger partial charge in [0.1, 0.15) is 57.6 Å². The van der Waals surface area contributed by atoms with Crippen molar-refractivity contribution in [1.82, 2.24) is 19.9 Å². The molecule has 0 unspecified atom stereocenters. The van der Waals surface area contributed by atoms with Gasteiger partial charge in [-0.1, -0.05) is 39.0 Å². The molecule has 3 rings (SSSR count). The second kappa shape index (κ2) is 23.2. The van der Waals surface area contributed by atoms with Crippen molar-refractivity contribution in [2.24, 2.45) is 5.41 Å². The van der Waals surface area contributed by atoms with Crippen molar-refractivity contribution in [3.63, 3.8) is 0 Å². The molecule has 0 spiro atoms. The number of anilines is 1. The van der Waals surface area contributed by atoms with Gasteiger partial charge in [-0.05, 0) is 37.7 Å². The fourth-order valence-corrected chi connectivity index (χ4v) is 5.03. The van der Waals surface area contributed by atoms with Gasteiger partial charge in [0.15, 0.2) is 5.82 Å². The van der Waals surface area contributed by atoms with Gasteiger partial charge < -0.3 is 48.4 Å². The zero-order chi connectivity index (χ0) is 39.3. The molecule has 298 valence electrons. The van der Waals surface area contributed by atoms with Crippen molar-refractivity contribution in [1.29, 1.82) is 0 Å². The van der Waals surface area contributed by atoms with Crippen LogP contribution in [0.2, 0.25) is 0 Å². The van der Waals surface area contributed by atoms with E-state index in [0.29, 0.717) is 55.9 Å². The van der Waals surface area contributed by atoms with Gasteiger partial charge in [-0.3, -0.25) is 14.4 Å². The largest absolute Gasteiger partial charge is 0.464 e. The molecule has 17 heteroatoms. The van der Waals surface area contributed by atoms with Gasteiger partial charge >= 0.3 is 17.9 Å². The Hall–Kier alpha value is -4.71. The number of aromatic nitrogens is 3. The fraction of sp³-hybridized carbons (Fsp3) is 0.595.